The first kappa shape index (κ1) is 65.2. The maximum atomic E-state index is 13.1. The molecule has 0 radical (unpaired) electrons. The number of aliphatic hydroxyl groups is 5. The van der Waals surface area contributed by atoms with Crippen LogP contribution in [0.4, 0.5) is 0 Å². The predicted octanol–water partition coefficient (Wildman–Crippen LogP) is 15.0. The van der Waals surface area contributed by atoms with Gasteiger partial charge in [-0.2, -0.15) is 0 Å². The quantitative estimate of drug-likeness (QED) is 0.0330. The summed E-state index contributed by atoms with van der Waals surface area (Å²) in [4.78, 5) is 13.1. The lowest BCUT2D eigenvalue weighted by molar-refractivity contribution is -0.302. The number of rotatable bonds is 53. The van der Waals surface area contributed by atoms with Gasteiger partial charge in [0.25, 0.3) is 0 Å². The Hall–Kier alpha value is -0.810. The van der Waals surface area contributed by atoms with Gasteiger partial charge in [-0.05, 0) is 12.8 Å². The summed E-state index contributed by atoms with van der Waals surface area (Å²) >= 11 is 0. The van der Waals surface area contributed by atoms with Crippen molar-refractivity contribution in [2.24, 2.45) is 0 Å². The lowest BCUT2D eigenvalue weighted by atomic mass is 9.99. The van der Waals surface area contributed by atoms with Crippen molar-refractivity contribution in [2.45, 2.75) is 358 Å². The zero-order valence-electron chi connectivity index (χ0n) is 45.2. The molecule has 1 aliphatic heterocycles. The van der Waals surface area contributed by atoms with E-state index < -0.39 is 49.5 Å². The van der Waals surface area contributed by atoms with Crippen molar-refractivity contribution in [1.29, 1.82) is 0 Å². The number of hydrogen-bond donors (Lipinski definition) is 6. The molecule has 2 unspecified atom stereocenters. The molecule has 6 N–H and O–H groups in total. The molecule has 1 aliphatic rings. The molecule has 9 heteroatoms. The van der Waals surface area contributed by atoms with Gasteiger partial charge in [-0.3, -0.25) is 4.79 Å². The van der Waals surface area contributed by atoms with Crippen LogP contribution in [0.2, 0.25) is 0 Å². The minimum atomic E-state index is -1.55. The molecule has 406 valence electrons. The van der Waals surface area contributed by atoms with E-state index in [2.05, 4.69) is 19.2 Å². The third-order valence-corrected chi connectivity index (χ3v) is 15.0. The van der Waals surface area contributed by atoms with Crippen LogP contribution in [0.1, 0.15) is 316 Å². The molecule has 0 saturated carbocycles. The Kier molecular flexibility index (Phi) is 47.7. The van der Waals surface area contributed by atoms with E-state index in [1.54, 1.807) is 0 Å². The minimum Gasteiger partial charge on any atom is -0.394 e. The van der Waals surface area contributed by atoms with Crippen LogP contribution >= 0.6 is 0 Å². The monoisotopic (exact) mass is 968 g/mol. The van der Waals surface area contributed by atoms with Crippen LogP contribution in [0.25, 0.3) is 0 Å². The largest absolute Gasteiger partial charge is 0.394 e. The van der Waals surface area contributed by atoms with Crippen molar-refractivity contribution in [2.75, 3.05) is 13.2 Å². The summed E-state index contributed by atoms with van der Waals surface area (Å²) in [5.41, 5.74) is 0. The predicted molar refractivity (Wildman–Crippen MR) is 286 cm³/mol. The molecule has 0 aromatic heterocycles. The normalized spacial score (nSPS) is 19.4. The molecule has 1 heterocycles. The van der Waals surface area contributed by atoms with Crippen molar-refractivity contribution < 1.29 is 39.8 Å². The van der Waals surface area contributed by atoms with E-state index in [-0.39, 0.29) is 12.5 Å². The van der Waals surface area contributed by atoms with Gasteiger partial charge in [-0.15, -0.1) is 0 Å². The van der Waals surface area contributed by atoms with Gasteiger partial charge in [0, 0.05) is 6.42 Å². The summed E-state index contributed by atoms with van der Waals surface area (Å²) in [5, 5.41) is 54.7. The van der Waals surface area contributed by atoms with Gasteiger partial charge in [0.15, 0.2) is 6.29 Å². The Bertz CT molecular complexity index is 1030. The lowest BCUT2D eigenvalue weighted by Crippen LogP contribution is -2.60. The molecule has 1 fully saturated rings. The highest BCUT2D eigenvalue weighted by Crippen LogP contribution is 2.24. The number of unbranched alkanes of at least 4 members (excludes halogenated alkanes) is 43. The van der Waals surface area contributed by atoms with Gasteiger partial charge in [-0.1, -0.05) is 296 Å². The molecule has 7 atom stereocenters. The molecule has 1 rings (SSSR count). The van der Waals surface area contributed by atoms with Crippen LogP contribution in [-0.2, 0) is 14.3 Å². The maximum Gasteiger partial charge on any atom is 0.220 e. The summed E-state index contributed by atoms with van der Waals surface area (Å²) in [6.45, 7) is 3.89. The molecular weight excluding hydrogens is 851 g/mol. The van der Waals surface area contributed by atoms with E-state index in [4.69, 9.17) is 9.47 Å². The average molecular weight is 969 g/mol. The minimum absolute atomic E-state index is 0.131. The van der Waals surface area contributed by atoms with E-state index in [0.29, 0.717) is 12.8 Å². The Labute approximate surface area is 421 Å². The second-order valence-electron chi connectivity index (χ2n) is 21.5. The van der Waals surface area contributed by atoms with Crippen LogP contribution < -0.4 is 5.32 Å². The van der Waals surface area contributed by atoms with Crippen LogP contribution in [0.15, 0.2) is 0 Å². The van der Waals surface area contributed by atoms with E-state index >= 15 is 0 Å². The Balaban J connectivity index is 2.12. The number of aliphatic hydroxyl groups excluding tert-OH is 5. The number of carbonyl (C=O) groups excluding carboxylic acids is 1. The molecule has 68 heavy (non-hydrogen) atoms. The molecule has 0 aliphatic carbocycles. The number of hydrogen-bond acceptors (Lipinski definition) is 8. The summed E-state index contributed by atoms with van der Waals surface area (Å²) in [6.07, 6.45) is 52.9. The SMILES string of the molecule is CCCCCCCCCCCCCCCCCCCCCCCCCCCCCCCC(=O)N[C@@H](CO[C@@H]1O[C@H](CO)[C@H](O)C(O)C1O)[C@H](O)CCCCCCCCCCCCCCCCCC. The van der Waals surface area contributed by atoms with Gasteiger partial charge in [0.05, 0.1) is 25.4 Å². The van der Waals surface area contributed by atoms with Crippen LogP contribution in [0.5, 0.6) is 0 Å². The van der Waals surface area contributed by atoms with Crippen LogP contribution in [0.3, 0.4) is 0 Å². The molecule has 0 spiro atoms. The second kappa shape index (κ2) is 49.8. The number of nitrogens with one attached hydrogen (secondary N) is 1. The summed E-state index contributed by atoms with van der Waals surface area (Å²) in [5.74, 6) is -0.136. The third-order valence-electron chi connectivity index (χ3n) is 15.0. The first-order chi connectivity index (χ1) is 33.3. The maximum absolute atomic E-state index is 13.1. The number of ether oxygens (including phenoxy) is 2. The van der Waals surface area contributed by atoms with Crippen molar-refractivity contribution >= 4 is 5.91 Å². The zero-order valence-corrected chi connectivity index (χ0v) is 45.2. The first-order valence-corrected chi connectivity index (χ1v) is 30.2. The van der Waals surface area contributed by atoms with Crippen LogP contribution in [-0.4, -0.2) is 87.5 Å². The van der Waals surface area contributed by atoms with E-state index in [9.17, 15) is 30.3 Å². The van der Waals surface area contributed by atoms with Gasteiger partial charge in [0.1, 0.15) is 24.4 Å². The third kappa shape index (κ3) is 38.8. The topological polar surface area (TPSA) is 149 Å². The zero-order chi connectivity index (χ0) is 49.4. The average Bonchev–Trinajstić information content (AvgIpc) is 3.34. The van der Waals surface area contributed by atoms with Gasteiger partial charge in [0.2, 0.25) is 5.91 Å². The number of carbonyl (C=O) groups is 1. The van der Waals surface area contributed by atoms with Crippen molar-refractivity contribution in [3.8, 4) is 0 Å². The van der Waals surface area contributed by atoms with Crippen molar-refractivity contribution in [3.63, 3.8) is 0 Å². The fourth-order valence-corrected chi connectivity index (χ4v) is 10.2. The highest BCUT2D eigenvalue weighted by atomic mass is 16.7. The molecule has 9 nitrogen and oxygen atoms in total. The fraction of sp³-hybridized carbons (Fsp3) is 0.983. The smallest absolute Gasteiger partial charge is 0.220 e. The number of amides is 1. The first-order valence-electron chi connectivity index (χ1n) is 30.2. The highest BCUT2D eigenvalue weighted by molar-refractivity contribution is 5.76. The molecule has 1 amide bonds. The molecule has 0 aromatic rings. The molecule has 1 saturated heterocycles. The Morgan fingerprint density at radius 1 is 0.441 bits per heavy atom. The Morgan fingerprint density at radius 3 is 1.04 bits per heavy atom. The van der Waals surface area contributed by atoms with Gasteiger partial charge in [-0.25, -0.2) is 0 Å². The lowest BCUT2D eigenvalue weighted by Gasteiger charge is -2.40. The van der Waals surface area contributed by atoms with Crippen molar-refractivity contribution in [3.05, 3.63) is 0 Å². The summed E-state index contributed by atoms with van der Waals surface area (Å²) in [7, 11) is 0. The second-order valence-corrected chi connectivity index (χ2v) is 21.5. The molecule has 0 aromatic carbocycles. The highest BCUT2D eigenvalue weighted by Gasteiger charge is 2.44. The van der Waals surface area contributed by atoms with Crippen LogP contribution in [0, 0.1) is 0 Å². The summed E-state index contributed by atoms with van der Waals surface area (Å²) in [6, 6.07) is -0.713. The molecular formula is C59H117NO8. The van der Waals surface area contributed by atoms with E-state index in [1.165, 1.54) is 250 Å². The standard InChI is InChI=1S/C59H117NO8/c1-3-5-7-9-11-13-15-17-19-21-22-23-24-25-26-27-28-29-30-31-32-33-35-37-39-41-43-45-47-49-55(63)60-52(51-67-59-58(66)57(65)56(64)54(50-61)68-59)53(62)48-46-44-42-40-38-36-34-20-18-16-14-12-10-8-6-4-2/h52-54,56-59,61-62,64-66H,3-51H2,1-2H3,(H,60,63)/t52-,53+,54+,56-,57?,58?,59+/m0/s1. The van der Waals surface area contributed by atoms with Crippen molar-refractivity contribution in [1.82, 2.24) is 5.32 Å². The van der Waals surface area contributed by atoms with E-state index in [1.807, 2.05) is 0 Å². The fourth-order valence-electron chi connectivity index (χ4n) is 10.2. The molecule has 0 bridgehead atoms. The van der Waals surface area contributed by atoms with E-state index in [0.717, 1.165) is 38.5 Å². The Morgan fingerprint density at radius 2 is 0.735 bits per heavy atom. The van der Waals surface area contributed by atoms with Gasteiger partial charge < -0.3 is 40.3 Å². The summed E-state index contributed by atoms with van der Waals surface area (Å²) < 4.78 is 11.3. The van der Waals surface area contributed by atoms with Gasteiger partial charge >= 0.3 is 0 Å².